The Balaban J connectivity index is 1.44. The highest BCUT2D eigenvalue weighted by atomic mass is 19.4. The van der Waals surface area contributed by atoms with E-state index >= 15 is 0 Å². The van der Waals surface area contributed by atoms with Gasteiger partial charge in [-0.05, 0) is 36.8 Å². The Hall–Kier alpha value is -3.23. The van der Waals surface area contributed by atoms with Gasteiger partial charge in [0.1, 0.15) is 12.4 Å². The lowest BCUT2D eigenvalue weighted by Crippen LogP contribution is -2.41. The summed E-state index contributed by atoms with van der Waals surface area (Å²) in [6.45, 7) is 3.14. The minimum absolute atomic E-state index is 0.0527. The Morgan fingerprint density at radius 3 is 2.83 bits per heavy atom. The smallest absolute Gasteiger partial charge is 0.416 e. The Kier molecular flexibility index (Phi) is 5.27. The number of hydrogen-bond donors (Lipinski definition) is 0. The highest BCUT2D eigenvalue weighted by Gasteiger charge is 2.32. The lowest BCUT2D eigenvalue weighted by atomic mass is 10.1. The monoisotopic (exact) mass is 419 g/mol. The number of nitrogens with zero attached hydrogens (tertiary/aromatic N) is 3. The zero-order valence-corrected chi connectivity index (χ0v) is 16.2. The van der Waals surface area contributed by atoms with Crippen LogP contribution in [0.1, 0.15) is 46.9 Å². The van der Waals surface area contributed by atoms with E-state index in [0.29, 0.717) is 13.1 Å². The van der Waals surface area contributed by atoms with Gasteiger partial charge >= 0.3 is 6.18 Å². The summed E-state index contributed by atoms with van der Waals surface area (Å²) in [5.41, 5.74) is 0.429. The minimum atomic E-state index is -4.45. The molecule has 0 N–H and O–H groups in total. The second kappa shape index (κ2) is 7.89. The summed E-state index contributed by atoms with van der Waals surface area (Å²) < 4.78 is 51.1. The Morgan fingerprint density at radius 1 is 1.23 bits per heavy atom. The normalized spacial score (nSPS) is 16.4. The van der Waals surface area contributed by atoms with Crippen molar-refractivity contribution in [1.82, 2.24) is 14.6 Å². The number of alkyl halides is 3. The molecule has 0 saturated heterocycles. The molecule has 3 aromatic rings. The van der Waals surface area contributed by atoms with Crippen molar-refractivity contribution < 1.29 is 27.2 Å². The number of aromatic nitrogens is 2. The quantitative estimate of drug-likeness (QED) is 0.603. The van der Waals surface area contributed by atoms with Crippen LogP contribution >= 0.6 is 0 Å². The third-order valence-electron chi connectivity index (χ3n) is 5.13. The van der Waals surface area contributed by atoms with Crippen LogP contribution in [0.2, 0.25) is 0 Å². The van der Waals surface area contributed by atoms with Crippen molar-refractivity contribution in [3.8, 4) is 5.75 Å². The van der Waals surface area contributed by atoms with Crippen molar-refractivity contribution in [2.24, 2.45) is 0 Å². The molecule has 1 amide bonds. The van der Waals surface area contributed by atoms with E-state index in [9.17, 15) is 18.0 Å². The lowest BCUT2D eigenvalue weighted by Gasteiger charge is -2.36. The molecule has 1 atom stereocenters. The van der Waals surface area contributed by atoms with Crippen molar-refractivity contribution >= 4 is 5.91 Å². The maximum absolute atomic E-state index is 13.0. The van der Waals surface area contributed by atoms with Crippen molar-refractivity contribution in [2.75, 3.05) is 6.54 Å². The van der Waals surface area contributed by atoms with Gasteiger partial charge in [0, 0.05) is 31.0 Å². The maximum Gasteiger partial charge on any atom is 0.416 e. The molecule has 4 rings (SSSR count). The van der Waals surface area contributed by atoms with Crippen LogP contribution in [0.5, 0.6) is 5.75 Å². The molecule has 0 bridgehead atoms. The van der Waals surface area contributed by atoms with Crippen molar-refractivity contribution in [3.63, 3.8) is 0 Å². The van der Waals surface area contributed by atoms with E-state index in [2.05, 4.69) is 9.72 Å². The van der Waals surface area contributed by atoms with Gasteiger partial charge in [-0.1, -0.05) is 18.1 Å². The van der Waals surface area contributed by atoms with Crippen molar-refractivity contribution in [1.29, 1.82) is 0 Å². The summed E-state index contributed by atoms with van der Waals surface area (Å²) in [4.78, 5) is 14.7. The molecule has 0 saturated carbocycles. The summed E-state index contributed by atoms with van der Waals surface area (Å²) in [7, 11) is 0. The van der Waals surface area contributed by atoms with Gasteiger partial charge in [-0.2, -0.15) is 13.2 Å². The summed E-state index contributed by atoms with van der Waals surface area (Å²) in [5, 5.41) is 3.84. The summed E-state index contributed by atoms with van der Waals surface area (Å²) >= 11 is 0. The van der Waals surface area contributed by atoms with Gasteiger partial charge in [0.15, 0.2) is 11.5 Å². The van der Waals surface area contributed by atoms with E-state index in [1.165, 1.54) is 18.2 Å². The molecule has 158 valence electrons. The molecule has 30 heavy (non-hydrogen) atoms. The molecule has 2 aromatic heterocycles. The molecule has 0 spiro atoms. The van der Waals surface area contributed by atoms with E-state index < -0.39 is 11.7 Å². The van der Waals surface area contributed by atoms with Crippen molar-refractivity contribution in [3.05, 3.63) is 71.4 Å². The molecule has 0 radical (unpaired) electrons. The third kappa shape index (κ3) is 3.92. The van der Waals surface area contributed by atoms with Gasteiger partial charge in [-0.3, -0.25) is 4.79 Å². The van der Waals surface area contributed by atoms with Gasteiger partial charge in [-0.15, -0.1) is 0 Å². The first-order chi connectivity index (χ1) is 14.4. The van der Waals surface area contributed by atoms with E-state index in [-0.39, 0.29) is 35.8 Å². The highest BCUT2D eigenvalue weighted by Crippen LogP contribution is 2.32. The second-order valence-electron chi connectivity index (χ2n) is 7.04. The molecule has 1 aliphatic heterocycles. The number of ether oxygens (including phenoxy) is 1. The number of carbonyl (C=O) groups excluding carboxylic acids is 1. The molecule has 9 heteroatoms. The van der Waals surface area contributed by atoms with Gasteiger partial charge in [-0.25, -0.2) is 0 Å². The highest BCUT2D eigenvalue weighted by molar-refractivity contribution is 5.92. The van der Waals surface area contributed by atoms with Crippen LogP contribution in [0.4, 0.5) is 13.2 Å². The van der Waals surface area contributed by atoms with Gasteiger partial charge in [0.2, 0.25) is 0 Å². The minimum Gasteiger partial charge on any atom is -0.486 e. The van der Waals surface area contributed by atoms with Crippen LogP contribution in [-0.2, 0) is 19.3 Å². The van der Waals surface area contributed by atoms with E-state index in [0.717, 1.165) is 24.2 Å². The predicted molar refractivity (Wildman–Crippen MR) is 101 cm³/mol. The second-order valence-corrected chi connectivity index (χ2v) is 7.04. The zero-order chi connectivity index (χ0) is 21.3. The average molecular weight is 419 g/mol. The number of fused-ring (bicyclic) bond motifs is 1. The van der Waals surface area contributed by atoms with Gasteiger partial charge < -0.3 is 18.7 Å². The van der Waals surface area contributed by atoms with Crippen LogP contribution < -0.4 is 4.74 Å². The van der Waals surface area contributed by atoms with Crippen molar-refractivity contribution in [2.45, 2.75) is 38.7 Å². The molecule has 0 aliphatic carbocycles. The number of halogens is 3. The van der Waals surface area contributed by atoms with E-state index in [1.807, 2.05) is 25.3 Å². The number of carbonyl (C=O) groups is 1. The fourth-order valence-corrected chi connectivity index (χ4v) is 3.68. The maximum atomic E-state index is 13.0. The summed E-state index contributed by atoms with van der Waals surface area (Å²) in [6, 6.07) is 9.96. The van der Waals surface area contributed by atoms with E-state index in [1.54, 1.807) is 4.90 Å². The summed E-state index contributed by atoms with van der Waals surface area (Å²) in [5.74, 6) is 0.0597. The fourth-order valence-electron chi connectivity index (χ4n) is 3.68. The van der Waals surface area contributed by atoms with Crippen LogP contribution in [0.15, 0.2) is 53.2 Å². The van der Waals surface area contributed by atoms with Crippen LogP contribution in [0.3, 0.4) is 0 Å². The Morgan fingerprint density at radius 2 is 2.07 bits per heavy atom. The molecular formula is C21H20F3N3O3. The fraction of sp³-hybridized carbons (Fsp3) is 0.333. The molecule has 1 aliphatic rings. The van der Waals surface area contributed by atoms with Gasteiger partial charge in [0.05, 0.1) is 11.6 Å². The summed E-state index contributed by atoms with van der Waals surface area (Å²) in [6.07, 6.45) is -1.69. The van der Waals surface area contributed by atoms with E-state index in [4.69, 9.17) is 9.26 Å². The third-order valence-corrected chi connectivity index (χ3v) is 5.13. The molecule has 6 nitrogen and oxygen atoms in total. The SMILES string of the molecule is CC[C@@H]1c2cccn2CCN1C(=O)c1cc(COc2cccc(C(F)(F)F)c2)on1. The Bertz CT molecular complexity index is 1040. The largest absolute Gasteiger partial charge is 0.486 e. The van der Waals surface area contributed by atoms with Crippen LogP contribution in [0, 0.1) is 0 Å². The van der Waals surface area contributed by atoms with Crippen LogP contribution in [-0.4, -0.2) is 27.1 Å². The number of hydrogen-bond acceptors (Lipinski definition) is 4. The molecule has 1 aromatic carbocycles. The van der Waals surface area contributed by atoms with Gasteiger partial charge in [0.25, 0.3) is 5.91 Å². The number of amides is 1. The zero-order valence-electron chi connectivity index (χ0n) is 16.2. The molecular weight excluding hydrogens is 399 g/mol. The standard InChI is InChI=1S/C21H20F3N3O3/c1-2-18-19-7-4-8-26(19)9-10-27(18)20(28)17-12-16(30-25-17)13-29-15-6-3-5-14(11-15)21(22,23)24/h3-8,11-12,18H,2,9-10,13H2,1H3/t18-/m1/s1. The molecule has 0 unspecified atom stereocenters. The first-order valence-electron chi connectivity index (χ1n) is 9.58. The first kappa shape index (κ1) is 20.1. The first-order valence-corrected chi connectivity index (χ1v) is 9.58. The number of benzene rings is 1. The predicted octanol–water partition coefficient (Wildman–Crippen LogP) is 4.68. The van der Waals surface area contributed by atoms with Crippen LogP contribution in [0.25, 0.3) is 0 Å². The molecule has 0 fully saturated rings. The topological polar surface area (TPSA) is 60.5 Å². The lowest BCUT2D eigenvalue weighted by molar-refractivity contribution is -0.137. The number of rotatable bonds is 5. The average Bonchev–Trinajstić information content (AvgIpc) is 3.40. The Labute approximate surface area is 170 Å². The molecule has 3 heterocycles.